The molecule has 108 valence electrons. The van der Waals surface area contributed by atoms with Gasteiger partial charge in [-0.25, -0.2) is 21.9 Å². The third-order valence-corrected chi connectivity index (χ3v) is 5.10. The SMILES string of the molecule is O=S(=O)(NC1CC(F)(F)C1)c1c[nH]c2cc(Cl)ccc12. The average Bonchev–Trinajstić information content (AvgIpc) is 2.69. The first-order chi connectivity index (χ1) is 9.27. The van der Waals surface area contributed by atoms with Crippen molar-refractivity contribution >= 4 is 32.5 Å². The highest BCUT2D eigenvalue weighted by Crippen LogP contribution is 2.38. The lowest BCUT2D eigenvalue weighted by Gasteiger charge is -2.34. The van der Waals surface area contributed by atoms with E-state index >= 15 is 0 Å². The van der Waals surface area contributed by atoms with Gasteiger partial charge < -0.3 is 4.98 Å². The number of aromatic amines is 1. The molecule has 2 N–H and O–H groups in total. The molecule has 0 saturated heterocycles. The fourth-order valence-corrected chi connectivity index (χ4v) is 3.91. The maximum atomic E-state index is 12.7. The summed E-state index contributed by atoms with van der Waals surface area (Å²) >= 11 is 5.82. The van der Waals surface area contributed by atoms with Crippen LogP contribution in [0.15, 0.2) is 29.3 Å². The first kappa shape index (κ1) is 13.8. The van der Waals surface area contributed by atoms with Crippen LogP contribution < -0.4 is 4.72 Å². The molecule has 0 aliphatic heterocycles. The van der Waals surface area contributed by atoms with E-state index in [0.717, 1.165) is 0 Å². The van der Waals surface area contributed by atoms with Gasteiger partial charge in [-0.1, -0.05) is 11.6 Å². The van der Waals surface area contributed by atoms with Gasteiger partial charge in [0.1, 0.15) is 4.90 Å². The Labute approximate surface area is 119 Å². The lowest BCUT2D eigenvalue weighted by Crippen LogP contribution is -2.50. The molecule has 0 amide bonds. The predicted molar refractivity (Wildman–Crippen MR) is 71.6 cm³/mol. The molecular weight excluding hydrogens is 310 g/mol. The molecular formula is C12H11ClF2N2O2S. The van der Waals surface area contributed by atoms with E-state index in [1.165, 1.54) is 6.20 Å². The number of sulfonamides is 1. The number of hydrogen-bond donors (Lipinski definition) is 2. The number of rotatable bonds is 3. The third-order valence-electron chi connectivity index (χ3n) is 3.31. The first-order valence-electron chi connectivity index (χ1n) is 5.94. The molecule has 1 aromatic heterocycles. The van der Waals surface area contributed by atoms with Gasteiger partial charge in [0, 0.05) is 41.0 Å². The molecule has 1 heterocycles. The molecule has 0 radical (unpaired) electrons. The summed E-state index contributed by atoms with van der Waals surface area (Å²) in [6.07, 6.45) is 0.418. The smallest absolute Gasteiger partial charge is 0.251 e. The fraction of sp³-hybridized carbons (Fsp3) is 0.333. The molecule has 3 rings (SSSR count). The van der Waals surface area contributed by atoms with Gasteiger partial charge in [0.25, 0.3) is 5.92 Å². The van der Waals surface area contributed by atoms with Crippen LogP contribution in [0, 0.1) is 0 Å². The van der Waals surface area contributed by atoms with Crippen molar-refractivity contribution < 1.29 is 17.2 Å². The number of aromatic nitrogens is 1. The average molecular weight is 321 g/mol. The van der Waals surface area contributed by atoms with Crippen molar-refractivity contribution in [2.45, 2.75) is 29.7 Å². The summed E-state index contributed by atoms with van der Waals surface area (Å²) in [6, 6.07) is 4.05. The summed E-state index contributed by atoms with van der Waals surface area (Å²) in [5, 5.41) is 0.961. The maximum absolute atomic E-state index is 12.7. The van der Waals surface area contributed by atoms with Crippen molar-refractivity contribution in [3.63, 3.8) is 0 Å². The molecule has 1 aromatic carbocycles. The van der Waals surface area contributed by atoms with E-state index in [9.17, 15) is 17.2 Å². The Morgan fingerprint density at radius 3 is 2.70 bits per heavy atom. The number of fused-ring (bicyclic) bond motifs is 1. The topological polar surface area (TPSA) is 62.0 Å². The Bertz CT molecular complexity index is 765. The largest absolute Gasteiger partial charge is 0.360 e. The minimum Gasteiger partial charge on any atom is -0.360 e. The van der Waals surface area contributed by atoms with Gasteiger partial charge in [-0.3, -0.25) is 0 Å². The van der Waals surface area contributed by atoms with Crippen molar-refractivity contribution in [2.24, 2.45) is 0 Å². The van der Waals surface area contributed by atoms with Crippen LogP contribution in [-0.2, 0) is 10.0 Å². The summed E-state index contributed by atoms with van der Waals surface area (Å²) < 4.78 is 52.2. The highest BCUT2D eigenvalue weighted by molar-refractivity contribution is 7.89. The molecule has 2 aromatic rings. The molecule has 8 heteroatoms. The van der Waals surface area contributed by atoms with Crippen LogP contribution in [0.1, 0.15) is 12.8 Å². The molecule has 0 spiro atoms. The van der Waals surface area contributed by atoms with Crippen LogP contribution in [0.25, 0.3) is 10.9 Å². The second kappa shape index (κ2) is 4.41. The number of benzene rings is 1. The summed E-state index contributed by atoms with van der Waals surface area (Å²) in [6.45, 7) is 0. The van der Waals surface area contributed by atoms with Crippen molar-refractivity contribution in [3.05, 3.63) is 29.4 Å². The zero-order chi connectivity index (χ0) is 14.5. The van der Waals surface area contributed by atoms with Crippen molar-refractivity contribution in [2.75, 3.05) is 0 Å². The van der Waals surface area contributed by atoms with E-state index in [2.05, 4.69) is 9.71 Å². The van der Waals surface area contributed by atoms with E-state index < -0.39 is 34.8 Å². The Morgan fingerprint density at radius 1 is 1.35 bits per heavy atom. The highest BCUT2D eigenvalue weighted by atomic mass is 35.5. The number of alkyl halides is 2. The van der Waals surface area contributed by atoms with E-state index in [4.69, 9.17) is 11.6 Å². The quantitative estimate of drug-likeness (QED) is 0.913. The van der Waals surface area contributed by atoms with Crippen LogP contribution in [0.2, 0.25) is 5.02 Å². The summed E-state index contributed by atoms with van der Waals surface area (Å²) in [4.78, 5) is 2.85. The van der Waals surface area contributed by atoms with Crippen LogP contribution in [0.4, 0.5) is 8.78 Å². The molecule has 0 unspecified atom stereocenters. The number of halogens is 3. The van der Waals surface area contributed by atoms with E-state index in [-0.39, 0.29) is 4.90 Å². The van der Waals surface area contributed by atoms with E-state index in [0.29, 0.717) is 15.9 Å². The predicted octanol–water partition coefficient (Wildman–Crippen LogP) is 2.90. The summed E-state index contributed by atoms with van der Waals surface area (Å²) in [5.74, 6) is -2.76. The van der Waals surface area contributed by atoms with Gasteiger partial charge >= 0.3 is 0 Å². The van der Waals surface area contributed by atoms with Crippen LogP contribution in [0.3, 0.4) is 0 Å². The normalized spacial score (nSPS) is 19.1. The number of H-pyrrole nitrogens is 1. The molecule has 1 saturated carbocycles. The third kappa shape index (κ3) is 2.41. The van der Waals surface area contributed by atoms with E-state index in [1.54, 1.807) is 18.2 Å². The van der Waals surface area contributed by atoms with Crippen molar-refractivity contribution in [3.8, 4) is 0 Å². The van der Waals surface area contributed by atoms with Gasteiger partial charge in [0.05, 0.1) is 0 Å². The van der Waals surface area contributed by atoms with Crippen molar-refractivity contribution in [1.29, 1.82) is 0 Å². The number of hydrogen-bond acceptors (Lipinski definition) is 2. The summed E-state index contributed by atoms with van der Waals surface area (Å²) in [5.41, 5.74) is 0.580. The standard InChI is InChI=1S/C12H11ClF2N2O2S/c13-7-1-2-9-10(3-7)16-6-11(9)20(18,19)17-8-4-12(14,15)5-8/h1-3,6,8,16-17H,4-5H2. The van der Waals surface area contributed by atoms with Crippen LogP contribution >= 0.6 is 11.6 Å². The Balaban J connectivity index is 1.90. The summed E-state index contributed by atoms with van der Waals surface area (Å²) in [7, 11) is -3.82. The molecule has 1 aliphatic carbocycles. The second-order valence-corrected chi connectivity index (χ2v) is 7.04. The molecule has 1 aliphatic rings. The van der Waals surface area contributed by atoms with Gasteiger partial charge in [-0.15, -0.1) is 0 Å². The number of nitrogens with one attached hydrogen (secondary N) is 2. The molecule has 20 heavy (non-hydrogen) atoms. The molecule has 0 atom stereocenters. The molecule has 0 bridgehead atoms. The molecule has 4 nitrogen and oxygen atoms in total. The maximum Gasteiger partial charge on any atom is 0.251 e. The minimum atomic E-state index is -3.82. The lowest BCUT2D eigenvalue weighted by molar-refractivity contribution is -0.0876. The molecule has 1 fully saturated rings. The monoisotopic (exact) mass is 320 g/mol. The Morgan fingerprint density at radius 2 is 2.05 bits per heavy atom. The van der Waals surface area contributed by atoms with E-state index in [1.807, 2.05) is 0 Å². The zero-order valence-electron chi connectivity index (χ0n) is 10.2. The Kier molecular flexibility index (Phi) is 3.04. The zero-order valence-corrected chi connectivity index (χ0v) is 11.7. The Hall–Kier alpha value is -1.18. The van der Waals surface area contributed by atoms with Gasteiger partial charge in [0.15, 0.2) is 0 Å². The first-order valence-corrected chi connectivity index (χ1v) is 7.80. The second-order valence-electron chi connectivity index (χ2n) is 4.93. The van der Waals surface area contributed by atoms with Crippen molar-refractivity contribution in [1.82, 2.24) is 9.71 Å². The lowest BCUT2D eigenvalue weighted by atomic mass is 9.89. The fourth-order valence-electron chi connectivity index (χ4n) is 2.32. The highest BCUT2D eigenvalue weighted by Gasteiger charge is 2.47. The van der Waals surface area contributed by atoms with Gasteiger partial charge in [0.2, 0.25) is 10.0 Å². The van der Waals surface area contributed by atoms with Gasteiger partial charge in [-0.05, 0) is 18.2 Å². The van der Waals surface area contributed by atoms with Gasteiger partial charge in [-0.2, -0.15) is 0 Å². The minimum absolute atomic E-state index is 0.0411. The van der Waals surface area contributed by atoms with Crippen LogP contribution in [-0.4, -0.2) is 25.4 Å². The van der Waals surface area contributed by atoms with Crippen LogP contribution in [0.5, 0.6) is 0 Å².